The van der Waals surface area contributed by atoms with E-state index in [1.807, 2.05) is 0 Å². The van der Waals surface area contributed by atoms with Crippen molar-refractivity contribution in [1.29, 1.82) is 0 Å². The molecule has 0 N–H and O–H groups in total. The highest BCUT2D eigenvalue weighted by atomic mass is 15.2. The summed E-state index contributed by atoms with van der Waals surface area (Å²) in [5, 5.41) is 0. The number of rotatable bonds is 7. The van der Waals surface area contributed by atoms with Gasteiger partial charge < -0.3 is 4.90 Å². The molecular formula is C12H25N. The second-order valence-electron chi connectivity index (χ2n) is 4.59. The molecule has 1 aliphatic rings. The predicted molar refractivity (Wildman–Crippen MR) is 59.0 cm³/mol. The first-order valence-corrected chi connectivity index (χ1v) is 5.97. The Bertz CT molecular complexity index is 129. The van der Waals surface area contributed by atoms with E-state index in [2.05, 4.69) is 25.8 Å². The van der Waals surface area contributed by atoms with E-state index in [1.54, 1.807) is 0 Å². The predicted octanol–water partition coefficient (Wildman–Crippen LogP) is 3.44. The smallest absolute Gasteiger partial charge is 0.00961 e. The SMILES string of the molecule is CCCCCCC(C)N(C)C1CC1. The van der Waals surface area contributed by atoms with Gasteiger partial charge in [0.2, 0.25) is 0 Å². The monoisotopic (exact) mass is 183 g/mol. The van der Waals surface area contributed by atoms with Crippen molar-refractivity contribution in [2.75, 3.05) is 7.05 Å². The lowest BCUT2D eigenvalue weighted by Crippen LogP contribution is -2.30. The van der Waals surface area contributed by atoms with E-state index < -0.39 is 0 Å². The molecule has 1 rings (SSSR count). The van der Waals surface area contributed by atoms with Crippen LogP contribution in [0.1, 0.15) is 58.8 Å². The van der Waals surface area contributed by atoms with Gasteiger partial charge in [-0.1, -0.05) is 32.6 Å². The highest BCUT2D eigenvalue weighted by Gasteiger charge is 2.28. The molecule has 0 aliphatic heterocycles. The van der Waals surface area contributed by atoms with Gasteiger partial charge in [-0.15, -0.1) is 0 Å². The number of hydrogen-bond donors (Lipinski definition) is 0. The van der Waals surface area contributed by atoms with Crippen LogP contribution in [0.25, 0.3) is 0 Å². The molecule has 0 spiro atoms. The Balaban J connectivity index is 1.99. The Morgan fingerprint density at radius 3 is 2.46 bits per heavy atom. The van der Waals surface area contributed by atoms with Crippen molar-refractivity contribution in [2.24, 2.45) is 0 Å². The first-order chi connectivity index (χ1) is 6.25. The van der Waals surface area contributed by atoms with Gasteiger partial charge in [-0.2, -0.15) is 0 Å². The van der Waals surface area contributed by atoms with Crippen LogP contribution in [0, 0.1) is 0 Å². The molecule has 0 bridgehead atoms. The van der Waals surface area contributed by atoms with Crippen molar-refractivity contribution in [2.45, 2.75) is 70.9 Å². The molecule has 1 nitrogen and oxygen atoms in total. The second-order valence-corrected chi connectivity index (χ2v) is 4.59. The fourth-order valence-corrected chi connectivity index (χ4v) is 1.91. The van der Waals surface area contributed by atoms with Crippen molar-refractivity contribution in [3.63, 3.8) is 0 Å². The third kappa shape index (κ3) is 4.12. The zero-order valence-corrected chi connectivity index (χ0v) is 9.55. The van der Waals surface area contributed by atoms with E-state index in [0.29, 0.717) is 0 Å². The van der Waals surface area contributed by atoms with Crippen LogP contribution < -0.4 is 0 Å². The highest BCUT2D eigenvalue weighted by Crippen LogP contribution is 2.28. The fourth-order valence-electron chi connectivity index (χ4n) is 1.91. The molecule has 0 aromatic rings. The van der Waals surface area contributed by atoms with E-state index >= 15 is 0 Å². The molecule has 0 radical (unpaired) electrons. The van der Waals surface area contributed by atoms with Crippen LogP contribution in [0.15, 0.2) is 0 Å². The third-order valence-corrected chi connectivity index (χ3v) is 3.29. The quantitative estimate of drug-likeness (QED) is 0.546. The summed E-state index contributed by atoms with van der Waals surface area (Å²) in [5.74, 6) is 0. The normalized spacial score (nSPS) is 19.4. The summed E-state index contributed by atoms with van der Waals surface area (Å²) in [4.78, 5) is 2.58. The summed E-state index contributed by atoms with van der Waals surface area (Å²) >= 11 is 0. The van der Waals surface area contributed by atoms with Crippen LogP contribution in [-0.4, -0.2) is 24.0 Å². The van der Waals surface area contributed by atoms with Crippen molar-refractivity contribution < 1.29 is 0 Å². The first kappa shape index (κ1) is 11.0. The van der Waals surface area contributed by atoms with Gasteiger partial charge in [0, 0.05) is 12.1 Å². The Hall–Kier alpha value is -0.0400. The molecule has 1 heteroatoms. The van der Waals surface area contributed by atoms with Gasteiger partial charge in [0.15, 0.2) is 0 Å². The zero-order chi connectivity index (χ0) is 9.68. The van der Waals surface area contributed by atoms with Crippen LogP contribution in [0.5, 0.6) is 0 Å². The largest absolute Gasteiger partial charge is 0.301 e. The molecule has 13 heavy (non-hydrogen) atoms. The minimum Gasteiger partial charge on any atom is -0.301 e. The van der Waals surface area contributed by atoms with Crippen LogP contribution in [0.4, 0.5) is 0 Å². The maximum Gasteiger partial charge on any atom is 0.00961 e. The molecule has 0 aromatic heterocycles. The Morgan fingerprint density at radius 1 is 1.23 bits per heavy atom. The lowest BCUT2D eigenvalue weighted by molar-refractivity contribution is 0.232. The fraction of sp³-hybridized carbons (Fsp3) is 1.00. The van der Waals surface area contributed by atoms with Crippen LogP contribution >= 0.6 is 0 Å². The van der Waals surface area contributed by atoms with Gasteiger partial charge in [0.05, 0.1) is 0 Å². The molecule has 1 aliphatic carbocycles. The van der Waals surface area contributed by atoms with Crippen molar-refractivity contribution in [1.82, 2.24) is 4.90 Å². The Kier molecular flexibility index (Phi) is 4.79. The molecule has 0 saturated heterocycles. The number of nitrogens with zero attached hydrogens (tertiary/aromatic N) is 1. The second kappa shape index (κ2) is 5.64. The molecule has 0 amide bonds. The molecule has 1 fully saturated rings. The summed E-state index contributed by atoms with van der Waals surface area (Å²) in [6, 6.07) is 1.74. The number of hydrogen-bond acceptors (Lipinski definition) is 1. The molecule has 0 aromatic carbocycles. The molecule has 1 unspecified atom stereocenters. The lowest BCUT2D eigenvalue weighted by atomic mass is 10.1. The van der Waals surface area contributed by atoms with Crippen LogP contribution in [0.3, 0.4) is 0 Å². The van der Waals surface area contributed by atoms with E-state index in [0.717, 1.165) is 12.1 Å². The summed E-state index contributed by atoms with van der Waals surface area (Å²) in [5.41, 5.74) is 0. The lowest BCUT2D eigenvalue weighted by Gasteiger charge is -2.24. The topological polar surface area (TPSA) is 3.24 Å². The maximum absolute atomic E-state index is 2.58. The summed E-state index contributed by atoms with van der Waals surface area (Å²) in [6.45, 7) is 4.66. The van der Waals surface area contributed by atoms with Gasteiger partial charge in [-0.3, -0.25) is 0 Å². The summed E-state index contributed by atoms with van der Waals surface area (Å²) in [6.07, 6.45) is 9.90. The zero-order valence-electron chi connectivity index (χ0n) is 9.55. The van der Waals surface area contributed by atoms with Crippen LogP contribution in [0.2, 0.25) is 0 Å². The molecule has 1 saturated carbocycles. The molecule has 78 valence electrons. The average Bonchev–Trinajstić information content (AvgIpc) is 2.94. The van der Waals surface area contributed by atoms with Crippen molar-refractivity contribution in [3.05, 3.63) is 0 Å². The third-order valence-electron chi connectivity index (χ3n) is 3.29. The maximum atomic E-state index is 2.58. The van der Waals surface area contributed by atoms with Gasteiger partial charge in [0.25, 0.3) is 0 Å². The van der Waals surface area contributed by atoms with Crippen molar-refractivity contribution >= 4 is 0 Å². The Morgan fingerprint density at radius 2 is 1.92 bits per heavy atom. The summed E-state index contributed by atoms with van der Waals surface area (Å²) in [7, 11) is 2.29. The minimum atomic E-state index is 0.810. The van der Waals surface area contributed by atoms with E-state index in [4.69, 9.17) is 0 Å². The molecular weight excluding hydrogens is 158 g/mol. The van der Waals surface area contributed by atoms with Gasteiger partial charge >= 0.3 is 0 Å². The average molecular weight is 183 g/mol. The Labute approximate surface area is 83.5 Å². The number of unbranched alkanes of at least 4 members (excludes halogenated alkanes) is 3. The summed E-state index contributed by atoms with van der Waals surface area (Å²) < 4.78 is 0. The van der Waals surface area contributed by atoms with Gasteiger partial charge in [-0.05, 0) is 33.2 Å². The standard InChI is InChI=1S/C12H25N/c1-4-5-6-7-8-11(2)13(3)12-9-10-12/h11-12H,4-10H2,1-3H3. The van der Waals surface area contributed by atoms with E-state index in [9.17, 15) is 0 Å². The molecule has 0 heterocycles. The van der Waals surface area contributed by atoms with E-state index in [1.165, 1.54) is 44.9 Å². The highest BCUT2D eigenvalue weighted by molar-refractivity contribution is 4.84. The van der Waals surface area contributed by atoms with Gasteiger partial charge in [-0.25, -0.2) is 0 Å². The van der Waals surface area contributed by atoms with Crippen molar-refractivity contribution in [3.8, 4) is 0 Å². The molecule has 1 atom stereocenters. The first-order valence-electron chi connectivity index (χ1n) is 5.97. The van der Waals surface area contributed by atoms with Gasteiger partial charge in [0.1, 0.15) is 0 Å². The van der Waals surface area contributed by atoms with E-state index in [-0.39, 0.29) is 0 Å². The van der Waals surface area contributed by atoms with Crippen LogP contribution in [-0.2, 0) is 0 Å². The minimum absolute atomic E-state index is 0.810.